The smallest absolute Gasteiger partial charge is 0.268 e. The van der Waals surface area contributed by atoms with Crippen molar-refractivity contribution in [1.29, 1.82) is 0 Å². The Balaban J connectivity index is 1.78. The third kappa shape index (κ3) is 3.81. The van der Waals surface area contributed by atoms with E-state index in [4.69, 9.17) is 0 Å². The summed E-state index contributed by atoms with van der Waals surface area (Å²) in [6.07, 6.45) is 0.834. The lowest BCUT2D eigenvalue weighted by Gasteiger charge is -2.16. The summed E-state index contributed by atoms with van der Waals surface area (Å²) < 4.78 is 26.5. The third-order valence-corrected chi connectivity index (χ3v) is 7.20. The molecule has 1 aliphatic heterocycles. The van der Waals surface area contributed by atoms with Crippen LogP contribution in [0.25, 0.3) is 4.91 Å². The number of benzene rings is 1. The molecule has 0 bridgehead atoms. The van der Waals surface area contributed by atoms with Gasteiger partial charge in [-0.3, -0.25) is 9.59 Å². The normalized spacial score (nSPS) is 16.1. The summed E-state index contributed by atoms with van der Waals surface area (Å²) in [5.74, 6) is -1.17. The highest BCUT2D eigenvalue weighted by atomic mass is 32.2. The van der Waals surface area contributed by atoms with Gasteiger partial charge in [-0.2, -0.15) is 0 Å². The van der Waals surface area contributed by atoms with E-state index in [1.54, 1.807) is 12.1 Å². The van der Waals surface area contributed by atoms with E-state index >= 15 is 0 Å². The molecule has 0 saturated carbocycles. The van der Waals surface area contributed by atoms with Crippen molar-refractivity contribution < 1.29 is 18.0 Å². The predicted molar refractivity (Wildman–Crippen MR) is 105 cm³/mol. The lowest BCUT2D eigenvalue weighted by molar-refractivity contribution is -0.128. The summed E-state index contributed by atoms with van der Waals surface area (Å²) in [4.78, 5) is 25.6. The number of carbonyl (C=O) groups is 2. The van der Waals surface area contributed by atoms with E-state index in [-0.39, 0.29) is 10.5 Å². The van der Waals surface area contributed by atoms with Crippen LogP contribution in [0.15, 0.2) is 47.4 Å². The van der Waals surface area contributed by atoms with Crippen molar-refractivity contribution in [1.82, 2.24) is 9.62 Å². The summed E-state index contributed by atoms with van der Waals surface area (Å²) >= 11 is 1.49. The second-order valence-corrected chi connectivity index (χ2v) is 9.01. The molecule has 3 rings (SSSR count). The molecule has 1 aromatic heterocycles. The van der Waals surface area contributed by atoms with Crippen LogP contribution >= 0.6 is 11.3 Å². The van der Waals surface area contributed by atoms with Crippen LogP contribution in [0.4, 0.5) is 0 Å². The summed E-state index contributed by atoms with van der Waals surface area (Å²) in [6.45, 7) is 3.26. The molecule has 1 N–H and O–H groups in total. The van der Waals surface area contributed by atoms with Gasteiger partial charge in [0.25, 0.3) is 15.9 Å². The van der Waals surface area contributed by atoms with Gasteiger partial charge >= 0.3 is 0 Å². The molecule has 1 aliphatic rings. The SMILES string of the molecule is CCc1ccc(C2=C(C)C(=O)N(CC(=O)NCc3cccs3)S2(=O)=O)cc1. The van der Waals surface area contributed by atoms with E-state index < -0.39 is 28.4 Å². The molecular formula is C19H20N2O4S2. The van der Waals surface area contributed by atoms with E-state index in [2.05, 4.69) is 5.32 Å². The van der Waals surface area contributed by atoms with Crippen LogP contribution in [-0.4, -0.2) is 31.1 Å². The zero-order chi connectivity index (χ0) is 19.6. The highest BCUT2D eigenvalue weighted by molar-refractivity contribution is 7.99. The highest BCUT2D eigenvalue weighted by Crippen LogP contribution is 2.35. The van der Waals surface area contributed by atoms with E-state index in [1.165, 1.54) is 18.3 Å². The molecular weight excluding hydrogens is 384 g/mol. The Morgan fingerprint density at radius 1 is 1.19 bits per heavy atom. The quantitative estimate of drug-likeness (QED) is 0.802. The van der Waals surface area contributed by atoms with Crippen LogP contribution in [-0.2, 0) is 32.6 Å². The summed E-state index contributed by atoms with van der Waals surface area (Å²) in [5.41, 5.74) is 1.66. The number of sulfonamides is 1. The molecule has 0 fully saturated rings. The summed E-state index contributed by atoms with van der Waals surface area (Å²) in [6, 6.07) is 10.8. The van der Waals surface area contributed by atoms with Crippen molar-refractivity contribution in [3.05, 3.63) is 63.4 Å². The number of nitrogens with zero attached hydrogens (tertiary/aromatic N) is 1. The molecule has 0 spiro atoms. The zero-order valence-electron chi connectivity index (χ0n) is 15.1. The number of nitrogens with one attached hydrogen (secondary N) is 1. The average Bonchev–Trinajstić information content (AvgIpc) is 3.22. The monoisotopic (exact) mass is 404 g/mol. The Bertz CT molecular complexity index is 991. The Morgan fingerprint density at radius 2 is 1.89 bits per heavy atom. The fourth-order valence-corrected chi connectivity index (χ4v) is 5.31. The Kier molecular flexibility index (Phi) is 5.48. The van der Waals surface area contributed by atoms with Gasteiger partial charge in [-0.05, 0) is 35.9 Å². The zero-order valence-corrected chi connectivity index (χ0v) is 16.7. The number of amides is 2. The molecule has 0 aliphatic carbocycles. The summed E-state index contributed by atoms with van der Waals surface area (Å²) in [7, 11) is -4.06. The molecule has 2 amide bonds. The first-order valence-electron chi connectivity index (χ1n) is 8.51. The number of aryl methyl sites for hydroxylation is 1. The van der Waals surface area contributed by atoms with Crippen LogP contribution < -0.4 is 5.32 Å². The number of hydrogen-bond donors (Lipinski definition) is 1. The average molecular weight is 405 g/mol. The first kappa shape index (κ1) is 19.3. The highest BCUT2D eigenvalue weighted by Gasteiger charge is 2.43. The van der Waals surface area contributed by atoms with E-state index in [0.717, 1.165) is 16.9 Å². The minimum absolute atomic E-state index is 0.0267. The van der Waals surface area contributed by atoms with Crippen LogP contribution in [0.1, 0.15) is 29.9 Å². The van der Waals surface area contributed by atoms with Gasteiger partial charge in [0, 0.05) is 10.5 Å². The first-order valence-corrected chi connectivity index (χ1v) is 10.8. The minimum atomic E-state index is -4.06. The van der Waals surface area contributed by atoms with Gasteiger partial charge in [-0.25, -0.2) is 12.7 Å². The van der Waals surface area contributed by atoms with Crippen LogP contribution in [0.2, 0.25) is 0 Å². The number of thiophene rings is 1. The molecule has 0 atom stereocenters. The first-order chi connectivity index (χ1) is 12.8. The Labute approximate surface area is 162 Å². The second kappa shape index (κ2) is 7.66. The van der Waals surface area contributed by atoms with Gasteiger partial charge in [0.2, 0.25) is 5.91 Å². The lowest BCUT2D eigenvalue weighted by atomic mass is 10.1. The Morgan fingerprint density at radius 3 is 2.48 bits per heavy atom. The van der Waals surface area contributed by atoms with Crippen molar-refractivity contribution in [3.8, 4) is 0 Å². The van der Waals surface area contributed by atoms with Gasteiger partial charge in [-0.1, -0.05) is 37.3 Å². The largest absolute Gasteiger partial charge is 0.350 e. The summed E-state index contributed by atoms with van der Waals surface area (Å²) in [5, 5.41) is 4.54. The second-order valence-electron chi connectivity index (χ2n) is 6.18. The molecule has 8 heteroatoms. The molecule has 27 heavy (non-hydrogen) atoms. The van der Waals surface area contributed by atoms with Crippen molar-refractivity contribution in [2.24, 2.45) is 0 Å². The number of carbonyl (C=O) groups excluding carboxylic acids is 2. The van der Waals surface area contributed by atoms with E-state index in [9.17, 15) is 18.0 Å². The van der Waals surface area contributed by atoms with Gasteiger partial charge in [0.1, 0.15) is 11.4 Å². The maximum Gasteiger partial charge on any atom is 0.268 e. The van der Waals surface area contributed by atoms with Crippen LogP contribution in [0.5, 0.6) is 0 Å². The molecule has 0 saturated heterocycles. The third-order valence-electron chi connectivity index (χ3n) is 4.39. The number of rotatable bonds is 6. The van der Waals surface area contributed by atoms with E-state index in [1.807, 2.05) is 36.6 Å². The molecule has 1 aromatic carbocycles. The van der Waals surface area contributed by atoms with E-state index in [0.29, 0.717) is 16.4 Å². The van der Waals surface area contributed by atoms with Gasteiger partial charge < -0.3 is 5.32 Å². The molecule has 6 nitrogen and oxygen atoms in total. The fourth-order valence-electron chi connectivity index (χ4n) is 2.90. The van der Waals surface area contributed by atoms with Gasteiger partial charge in [0.15, 0.2) is 0 Å². The van der Waals surface area contributed by atoms with Crippen molar-refractivity contribution in [3.63, 3.8) is 0 Å². The topological polar surface area (TPSA) is 83.6 Å². The van der Waals surface area contributed by atoms with Crippen LogP contribution in [0.3, 0.4) is 0 Å². The van der Waals surface area contributed by atoms with Crippen molar-refractivity contribution >= 4 is 38.1 Å². The van der Waals surface area contributed by atoms with Crippen molar-refractivity contribution in [2.45, 2.75) is 26.8 Å². The van der Waals surface area contributed by atoms with Crippen molar-refractivity contribution in [2.75, 3.05) is 6.54 Å². The molecule has 2 heterocycles. The lowest BCUT2D eigenvalue weighted by Crippen LogP contribution is -2.40. The molecule has 142 valence electrons. The van der Waals surface area contributed by atoms with Gasteiger partial charge in [0.05, 0.1) is 6.54 Å². The molecule has 0 radical (unpaired) electrons. The van der Waals surface area contributed by atoms with Gasteiger partial charge in [-0.15, -0.1) is 11.3 Å². The predicted octanol–water partition coefficient (Wildman–Crippen LogP) is 2.53. The minimum Gasteiger partial charge on any atom is -0.350 e. The van der Waals surface area contributed by atoms with Crippen LogP contribution in [0, 0.1) is 0 Å². The maximum absolute atomic E-state index is 12.9. The standard InChI is InChI=1S/C19H20N2O4S2/c1-3-14-6-8-15(9-7-14)18-13(2)19(23)21(27(18,24)25)12-17(22)20-11-16-5-4-10-26-16/h4-10H,3,11-12H2,1-2H3,(H,20,22). The molecule has 0 unspecified atom stereocenters. The Hall–Kier alpha value is -2.45. The maximum atomic E-state index is 12.9. The fraction of sp³-hybridized carbons (Fsp3) is 0.263. The molecule has 2 aromatic rings. The number of hydrogen-bond acceptors (Lipinski definition) is 5.